The van der Waals surface area contributed by atoms with E-state index in [2.05, 4.69) is 59.5 Å². The molecule has 0 aliphatic rings. The molecule has 0 N–H and O–H groups in total. The van der Waals surface area contributed by atoms with Gasteiger partial charge >= 0.3 is 0 Å². The summed E-state index contributed by atoms with van der Waals surface area (Å²) in [6, 6.07) is 12.6. The third-order valence-corrected chi connectivity index (χ3v) is 4.90. The Balaban J connectivity index is 2.15. The number of ether oxygens (including phenoxy) is 1. The fraction of sp³-hybridized carbons (Fsp3) is 0.286. The lowest BCUT2D eigenvalue weighted by molar-refractivity contribution is 0.112. The summed E-state index contributed by atoms with van der Waals surface area (Å²) >= 11 is 2.32. The van der Waals surface area contributed by atoms with Gasteiger partial charge in [0.2, 0.25) is 0 Å². The standard InChI is InChI=1S/C21H23IO2/c1-3-11-24-12-7-6-9-17-8-4-5-10-19(17)20-13-16(2)18(15-23)14-21(20)22/h3-5,8,10,13-15H,1,6-7,9,11-12H2,2H3. The molecule has 2 rings (SSSR count). The van der Waals surface area contributed by atoms with Crippen molar-refractivity contribution in [2.75, 3.05) is 13.2 Å². The average Bonchev–Trinajstić information content (AvgIpc) is 2.60. The minimum absolute atomic E-state index is 0.622. The highest BCUT2D eigenvalue weighted by Gasteiger charge is 2.10. The first-order valence-corrected chi connectivity index (χ1v) is 9.27. The molecule has 0 spiro atoms. The lowest BCUT2D eigenvalue weighted by Gasteiger charge is -2.13. The number of rotatable bonds is 9. The first-order valence-electron chi connectivity index (χ1n) is 8.19. The molecule has 0 saturated carbocycles. The zero-order valence-electron chi connectivity index (χ0n) is 14.1. The number of benzene rings is 2. The van der Waals surface area contributed by atoms with Crippen molar-refractivity contribution in [3.05, 3.63) is 69.3 Å². The normalized spacial score (nSPS) is 10.6. The first kappa shape index (κ1) is 18.9. The highest BCUT2D eigenvalue weighted by molar-refractivity contribution is 14.1. The van der Waals surface area contributed by atoms with E-state index in [1.807, 2.05) is 13.0 Å². The predicted octanol–water partition coefficient (Wildman–Crippen LogP) is 5.60. The van der Waals surface area contributed by atoms with Crippen LogP contribution in [0.1, 0.15) is 34.3 Å². The van der Waals surface area contributed by atoms with E-state index in [0.717, 1.165) is 46.9 Å². The second-order valence-corrected chi connectivity index (χ2v) is 6.95. The zero-order valence-corrected chi connectivity index (χ0v) is 16.2. The molecule has 0 atom stereocenters. The van der Waals surface area contributed by atoms with E-state index in [-0.39, 0.29) is 0 Å². The number of aryl methyl sites for hydroxylation is 2. The molecule has 0 saturated heterocycles. The molecule has 2 aromatic carbocycles. The van der Waals surface area contributed by atoms with Gasteiger partial charge in [-0.1, -0.05) is 30.3 Å². The number of halogens is 1. The van der Waals surface area contributed by atoms with Gasteiger partial charge in [0, 0.05) is 15.7 Å². The van der Waals surface area contributed by atoms with Crippen molar-refractivity contribution in [3.8, 4) is 11.1 Å². The molecule has 0 aliphatic heterocycles. The number of carbonyl (C=O) groups is 1. The molecule has 2 aromatic rings. The summed E-state index contributed by atoms with van der Waals surface area (Å²) in [5.41, 5.74) is 5.59. The molecule has 0 bridgehead atoms. The third kappa shape index (κ3) is 5.02. The van der Waals surface area contributed by atoms with Crippen molar-refractivity contribution in [2.24, 2.45) is 0 Å². The van der Waals surface area contributed by atoms with Crippen LogP contribution in [0.2, 0.25) is 0 Å². The molecule has 0 aliphatic carbocycles. The molecule has 0 amide bonds. The van der Waals surface area contributed by atoms with Crippen molar-refractivity contribution >= 4 is 28.9 Å². The van der Waals surface area contributed by atoms with E-state index in [1.54, 1.807) is 6.08 Å². The van der Waals surface area contributed by atoms with Gasteiger partial charge in [0.1, 0.15) is 6.29 Å². The highest BCUT2D eigenvalue weighted by Crippen LogP contribution is 2.31. The monoisotopic (exact) mass is 434 g/mol. The number of aldehydes is 1. The summed E-state index contributed by atoms with van der Waals surface area (Å²) in [7, 11) is 0. The van der Waals surface area contributed by atoms with E-state index >= 15 is 0 Å². The third-order valence-electron chi connectivity index (χ3n) is 4.01. The quantitative estimate of drug-likeness (QED) is 0.222. The van der Waals surface area contributed by atoms with Gasteiger partial charge in [-0.15, -0.1) is 6.58 Å². The van der Waals surface area contributed by atoms with Gasteiger partial charge in [0.15, 0.2) is 0 Å². The van der Waals surface area contributed by atoms with Crippen LogP contribution >= 0.6 is 22.6 Å². The number of unbranched alkanes of at least 4 members (excludes halogenated alkanes) is 1. The van der Waals surface area contributed by atoms with Crippen LogP contribution in [0.25, 0.3) is 11.1 Å². The van der Waals surface area contributed by atoms with Crippen LogP contribution in [0.4, 0.5) is 0 Å². The summed E-state index contributed by atoms with van der Waals surface area (Å²) in [4.78, 5) is 11.1. The van der Waals surface area contributed by atoms with Crippen molar-refractivity contribution in [1.29, 1.82) is 0 Å². The lowest BCUT2D eigenvalue weighted by Crippen LogP contribution is -1.98. The van der Waals surface area contributed by atoms with Gasteiger partial charge < -0.3 is 4.74 Å². The van der Waals surface area contributed by atoms with Crippen LogP contribution in [-0.4, -0.2) is 19.5 Å². The van der Waals surface area contributed by atoms with Gasteiger partial charge in [-0.05, 0) is 83.2 Å². The Morgan fingerprint density at radius 2 is 1.96 bits per heavy atom. The maximum absolute atomic E-state index is 11.1. The van der Waals surface area contributed by atoms with Crippen LogP contribution in [-0.2, 0) is 11.2 Å². The molecule has 0 radical (unpaired) electrons. The molecule has 0 heterocycles. The summed E-state index contributed by atoms with van der Waals surface area (Å²) in [5, 5.41) is 0. The van der Waals surface area contributed by atoms with Crippen molar-refractivity contribution in [3.63, 3.8) is 0 Å². The molecule has 0 unspecified atom stereocenters. The number of hydrogen-bond donors (Lipinski definition) is 0. The number of carbonyl (C=O) groups excluding carboxylic acids is 1. The molecule has 0 fully saturated rings. The maximum atomic E-state index is 11.1. The second-order valence-electron chi connectivity index (χ2n) is 5.78. The Labute approximate surface area is 158 Å². The highest BCUT2D eigenvalue weighted by atomic mass is 127. The van der Waals surface area contributed by atoms with Gasteiger partial charge in [0.25, 0.3) is 0 Å². The van der Waals surface area contributed by atoms with Gasteiger partial charge in [0.05, 0.1) is 6.61 Å². The molecule has 3 heteroatoms. The molecule has 126 valence electrons. The summed E-state index contributed by atoms with van der Waals surface area (Å²) in [6.07, 6.45) is 5.87. The Morgan fingerprint density at radius 1 is 1.17 bits per heavy atom. The SMILES string of the molecule is C=CCOCCCCc1ccccc1-c1cc(C)c(C=O)cc1I. The van der Waals surface area contributed by atoms with E-state index < -0.39 is 0 Å². The fourth-order valence-electron chi connectivity index (χ4n) is 2.72. The molecule has 2 nitrogen and oxygen atoms in total. The molecule has 24 heavy (non-hydrogen) atoms. The van der Waals surface area contributed by atoms with Gasteiger partial charge in [-0.3, -0.25) is 4.79 Å². The smallest absolute Gasteiger partial charge is 0.150 e. The van der Waals surface area contributed by atoms with Crippen molar-refractivity contribution < 1.29 is 9.53 Å². The van der Waals surface area contributed by atoms with E-state index in [1.165, 1.54) is 16.7 Å². The topological polar surface area (TPSA) is 26.3 Å². The fourth-order valence-corrected chi connectivity index (χ4v) is 3.50. The van der Waals surface area contributed by atoms with Crippen LogP contribution in [0.15, 0.2) is 49.1 Å². The van der Waals surface area contributed by atoms with Gasteiger partial charge in [-0.2, -0.15) is 0 Å². The van der Waals surface area contributed by atoms with Gasteiger partial charge in [-0.25, -0.2) is 0 Å². The minimum atomic E-state index is 0.622. The Kier molecular flexibility index (Phi) is 7.66. The average molecular weight is 434 g/mol. The maximum Gasteiger partial charge on any atom is 0.150 e. The lowest BCUT2D eigenvalue weighted by atomic mass is 9.94. The summed E-state index contributed by atoms with van der Waals surface area (Å²) in [6.45, 7) is 7.04. The summed E-state index contributed by atoms with van der Waals surface area (Å²) in [5.74, 6) is 0. The van der Waals surface area contributed by atoms with Crippen LogP contribution < -0.4 is 0 Å². The predicted molar refractivity (Wildman–Crippen MR) is 109 cm³/mol. The van der Waals surface area contributed by atoms with Crippen LogP contribution in [0.5, 0.6) is 0 Å². The van der Waals surface area contributed by atoms with Crippen LogP contribution in [0, 0.1) is 10.5 Å². The molecule has 0 aromatic heterocycles. The Bertz CT molecular complexity index is 707. The van der Waals surface area contributed by atoms with Crippen LogP contribution in [0.3, 0.4) is 0 Å². The summed E-state index contributed by atoms with van der Waals surface area (Å²) < 4.78 is 6.56. The number of hydrogen-bond acceptors (Lipinski definition) is 2. The van der Waals surface area contributed by atoms with E-state index in [9.17, 15) is 4.79 Å². The molecular weight excluding hydrogens is 411 g/mol. The zero-order chi connectivity index (χ0) is 17.4. The Hall–Kier alpha value is -1.46. The van der Waals surface area contributed by atoms with Crippen molar-refractivity contribution in [1.82, 2.24) is 0 Å². The Morgan fingerprint density at radius 3 is 2.71 bits per heavy atom. The molecular formula is C21H23IO2. The first-order chi connectivity index (χ1) is 11.7. The largest absolute Gasteiger partial charge is 0.377 e. The second kappa shape index (κ2) is 9.74. The minimum Gasteiger partial charge on any atom is -0.377 e. The van der Waals surface area contributed by atoms with Crippen molar-refractivity contribution in [2.45, 2.75) is 26.2 Å². The van der Waals surface area contributed by atoms with E-state index in [0.29, 0.717) is 6.61 Å². The van der Waals surface area contributed by atoms with E-state index in [4.69, 9.17) is 4.74 Å².